The standard InChI is InChI=1S/C16H18N2O2/c1-13(10-11-14-7-3-2-4-8-14)16(19)17-15-9-5-6-12-18(15)20/h2-9,12-13,20H,10-11H2,1H3. The van der Waals surface area contributed by atoms with E-state index < -0.39 is 0 Å². The van der Waals surface area contributed by atoms with E-state index in [4.69, 9.17) is 0 Å². The van der Waals surface area contributed by atoms with Crippen LogP contribution in [0.3, 0.4) is 0 Å². The van der Waals surface area contributed by atoms with E-state index in [9.17, 15) is 10.0 Å². The summed E-state index contributed by atoms with van der Waals surface area (Å²) in [5.41, 5.74) is 1.47. The number of hydrogen-bond acceptors (Lipinski definition) is 2. The molecule has 4 heteroatoms. The Bertz CT molecular complexity index is 632. The van der Waals surface area contributed by atoms with Crippen molar-refractivity contribution in [2.24, 2.45) is 10.9 Å². The Hall–Kier alpha value is -2.36. The zero-order chi connectivity index (χ0) is 14.4. The Morgan fingerprint density at radius 2 is 1.90 bits per heavy atom. The summed E-state index contributed by atoms with van der Waals surface area (Å²) in [6.07, 6.45) is 3.03. The minimum atomic E-state index is -0.213. The molecule has 4 nitrogen and oxygen atoms in total. The highest BCUT2D eigenvalue weighted by atomic mass is 16.5. The molecule has 0 saturated carbocycles. The number of aromatic nitrogens is 1. The SMILES string of the molecule is CC(CCc1ccccc1)C(=O)N=c1ccccn1O. The number of pyridine rings is 1. The van der Waals surface area contributed by atoms with Crippen LogP contribution in [0.25, 0.3) is 0 Å². The Morgan fingerprint density at radius 1 is 1.20 bits per heavy atom. The van der Waals surface area contributed by atoms with E-state index in [1.54, 1.807) is 18.2 Å². The highest BCUT2D eigenvalue weighted by Crippen LogP contribution is 2.10. The van der Waals surface area contributed by atoms with Crippen molar-refractivity contribution in [3.63, 3.8) is 0 Å². The van der Waals surface area contributed by atoms with E-state index in [1.165, 1.54) is 11.8 Å². The van der Waals surface area contributed by atoms with Crippen molar-refractivity contribution < 1.29 is 10.0 Å². The van der Waals surface area contributed by atoms with Gasteiger partial charge in [-0.2, -0.15) is 9.72 Å². The van der Waals surface area contributed by atoms with Crippen molar-refractivity contribution in [3.05, 3.63) is 65.8 Å². The molecule has 2 rings (SSSR count). The molecule has 20 heavy (non-hydrogen) atoms. The van der Waals surface area contributed by atoms with Crippen LogP contribution in [-0.2, 0) is 11.2 Å². The molecule has 0 spiro atoms. The van der Waals surface area contributed by atoms with Crippen molar-refractivity contribution in [1.29, 1.82) is 0 Å². The number of carbonyl (C=O) groups is 1. The van der Waals surface area contributed by atoms with Crippen molar-refractivity contribution in [1.82, 2.24) is 4.73 Å². The van der Waals surface area contributed by atoms with Gasteiger partial charge in [0.05, 0.1) is 0 Å². The highest BCUT2D eigenvalue weighted by Gasteiger charge is 2.11. The lowest BCUT2D eigenvalue weighted by molar-refractivity contribution is -0.121. The third kappa shape index (κ3) is 3.82. The zero-order valence-electron chi connectivity index (χ0n) is 11.4. The van der Waals surface area contributed by atoms with Crippen molar-refractivity contribution in [2.75, 3.05) is 0 Å². The molecule has 2 aromatic rings. The summed E-state index contributed by atoms with van der Waals surface area (Å²) in [5, 5.41) is 9.52. The lowest BCUT2D eigenvalue weighted by atomic mass is 10.0. The largest absolute Gasteiger partial charge is 0.427 e. The van der Waals surface area contributed by atoms with E-state index in [0.717, 1.165) is 17.6 Å². The molecule has 1 atom stereocenters. The van der Waals surface area contributed by atoms with Gasteiger partial charge < -0.3 is 5.21 Å². The summed E-state index contributed by atoms with van der Waals surface area (Å²) < 4.78 is 0.849. The monoisotopic (exact) mass is 270 g/mol. The average Bonchev–Trinajstić information content (AvgIpc) is 2.48. The lowest BCUT2D eigenvalue weighted by Gasteiger charge is -2.07. The van der Waals surface area contributed by atoms with Crippen molar-refractivity contribution in [3.8, 4) is 0 Å². The number of amides is 1. The molecule has 1 unspecified atom stereocenters. The highest BCUT2D eigenvalue weighted by molar-refractivity contribution is 5.79. The van der Waals surface area contributed by atoms with Crippen LogP contribution >= 0.6 is 0 Å². The Kier molecular flexibility index (Phi) is 4.71. The summed E-state index contributed by atoms with van der Waals surface area (Å²) >= 11 is 0. The Balaban J connectivity index is 2.00. The fourth-order valence-electron chi connectivity index (χ4n) is 1.89. The lowest BCUT2D eigenvalue weighted by Crippen LogP contribution is -2.21. The van der Waals surface area contributed by atoms with E-state index in [1.807, 2.05) is 37.3 Å². The summed E-state index contributed by atoms with van der Waals surface area (Å²) in [7, 11) is 0. The molecule has 0 bridgehead atoms. The first kappa shape index (κ1) is 14.1. The summed E-state index contributed by atoms with van der Waals surface area (Å²) in [4.78, 5) is 15.9. The van der Waals surface area contributed by atoms with E-state index in [0.29, 0.717) is 0 Å². The first-order chi connectivity index (χ1) is 9.66. The third-order valence-corrected chi connectivity index (χ3v) is 3.17. The molecule has 1 amide bonds. The normalized spacial score (nSPS) is 13.2. The van der Waals surface area contributed by atoms with Crippen LogP contribution in [0.4, 0.5) is 0 Å². The minimum absolute atomic E-state index is 0.171. The van der Waals surface area contributed by atoms with Gasteiger partial charge in [-0.1, -0.05) is 43.3 Å². The fraction of sp³-hybridized carbons (Fsp3) is 0.250. The topological polar surface area (TPSA) is 54.6 Å². The number of hydrogen-bond donors (Lipinski definition) is 1. The number of benzene rings is 1. The minimum Gasteiger partial charge on any atom is -0.427 e. The molecule has 0 aliphatic rings. The van der Waals surface area contributed by atoms with Crippen LogP contribution in [0.2, 0.25) is 0 Å². The maximum absolute atomic E-state index is 12.0. The predicted molar refractivity (Wildman–Crippen MR) is 76.1 cm³/mol. The second kappa shape index (κ2) is 6.70. The van der Waals surface area contributed by atoms with E-state index >= 15 is 0 Å². The van der Waals surface area contributed by atoms with Gasteiger partial charge >= 0.3 is 0 Å². The number of nitrogens with zero attached hydrogens (tertiary/aromatic N) is 2. The van der Waals surface area contributed by atoms with Crippen molar-refractivity contribution >= 4 is 5.91 Å². The molecule has 0 fully saturated rings. The van der Waals surface area contributed by atoms with Crippen LogP contribution in [0.15, 0.2) is 59.7 Å². The van der Waals surface area contributed by atoms with Gasteiger partial charge in [-0.05, 0) is 30.5 Å². The van der Waals surface area contributed by atoms with E-state index in [-0.39, 0.29) is 17.3 Å². The molecular weight excluding hydrogens is 252 g/mol. The van der Waals surface area contributed by atoms with Crippen LogP contribution in [0.1, 0.15) is 18.9 Å². The Labute approximate surface area is 118 Å². The quantitative estimate of drug-likeness (QED) is 0.867. The van der Waals surface area contributed by atoms with Gasteiger partial charge in [0.2, 0.25) is 0 Å². The van der Waals surface area contributed by atoms with Gasteiger partial charge in [0.15, 0.2) is 5.49 Å². The maximum Gasteiger partial charge on any atom is 0.250 e. The maximum atomic E-state index is 12.0. The molecule has 0 aliphatic carbocycles. The fourth-order valence-corrected chi connectivity index (χ4v) is 1.89. The van der Waals surface area contributed by atoms with Gasteiger partial charge in [-0.15, -0.1) is 0 Å². The zero-order valence-corrected chi connectivity index (χ0v) is 11.4. The van der Waals surface area contributed by atoms with Crippen LogP contribution < -0.4 is 5.49 Å². The van der Waals surface area contributed by atoms with Gasteiger partial charge in [0, 0.05) is 12.1 Å². The molecule has 1 N–H and O–H groups in total. The number of carbonyl (C=O) groups excluding carboxylic acids is 1. The summed E-state index contributed by atoms with van der Waals surface area (Å²) in [5.74, 6) is -0.384. The first-order valence-corrected chi connectivity index (χ1v) is 6.66. The number of rotatable bonds is 4. The van der Waals surface area contributed by atoms with Crippen LogP contribution in [0.5, 0.6) is 0 Å². The summed E-state index contributed by atoms with van der Waals surface area (Å²) in [6.45, 7) is 1.86. The van der Waals surface area contributed by atoms with Crippen LogP contribution in [-0.4, -0.2) is 15.8 Å². The van der Waals surface area contributed by atoms with Gasteiger partial charge in [0.25, 0.3) is 5.91 Å². The first-order valence-electron chi connectivity index (χ1n) is 6.66. The molecular formula is C16H18N2O2. The second-order valence-electron chi connectivity index (χ2n) is 4.78. The van der Waals surface area contributed by atoms with Crippen molar-refractivity contribution in [2.45, 2.75) is 19.8 Å². The smallest absolute Gasteiger partial charge is 0.250 e. The molecule has 0 radical (unpaired) electrons. The summed E-state index contributed by atoms with van der Waals surface area (Å²) in [6, 6.07) is 15.1. The predicted octanol–water partition coefficient (Wildman–Crippen LogP) is 2.42. The average molecular weight is 270 g/mol. The molecule has 0 aliphatic heterocycles. The molecule has 0 saturated heterocycles. The Morgan fingerprint density at radius 3 is 2.60 bits per heavy atom. The molecule has 1 heterocycles. The van der Waals surface area contributed by atoms with Crippen LogP contribution in [0, 0.1) is 5.92 Å². The second-order valence-corrected chi connectivity index (χ2v) is 4.78. The molecule has 1 aromatic heterocycles. The van der Waals surface area contributed by atoms with Gasteiger partial charge in [-0.25, -0.2) is 0 Å². The molecule has 1 aromatic carbocycles. The third-order valence-electron chi connectivity index (χ3n) is 3.17. The van der Waals surface area contributed by atoms with Gasteiger partial charge in [-0.3, -0.25) is 4.79 Å². The van der Waals surface area contributed by atoms with E-state index in [2.05, 4.69) is 4.99 Å². The molecule has 104 valence electrons. The number of aryl methyl sites for hydroxylation is 1. The van der Waals surface area contributed by atoms with Gasteiger partial charge in [0.1, 0.15) is 0 Å².